The second-order valence-corrected chi connectivity index (χ2v) is 15.9. The molecular formula is C36H45ClN6O9S. The van der Waals surface area contributed by atoms with Crippen LogP contribution in [0.1, 0.15) is 38.8 Å². The number of hydrogen-bond donors (Lipinski definition) is 3. The maximum absolute atomic E-state index is 14.2. The number of nitro groups is 1. The van der Waals surface area contributed by atoms with Gasteiger partial charge in [-0.15, -0.1) is 0 Å². The van der Waals surface area contributed by atoms with Gasteiger partial charge in [0.25, 0.3) is 11.6 Å². The topological polar surface area (TPSA) is 206 Å². The number of carbonyl (C=O) groups excluding carboxylic acids is 3. The Labute approximate surface area is 313 Å². The molecule has 0 saturated carbocycles. The van der Waals surface area contributed by atoms with Crippen molar-refractivity contribution in [2.45, 2.75) is 63.7 Å². The molecule has 4 amide bonds. The van der Waals surface area contributed by atoms with Crippen molar-refractivity contribution < 1.29 is 37.6 Å². The van der Waals surface area contributed by atoms with Crippen LogP contribution in [0, 0.1) is 22.0 Å². The molecule has 1 heterocycles. The van der Waals surface area contributed by atoms with E-state index < -0.39 is 70.0 Å². The summed E-state index contributed by atoms with van der Waals surface area (Å²) in [6.45, 7) is 5.92. The Balaban J connectivity index is 1.62. The number of nitrogens with zero attached hydrogens (tertiary/aromatic N) is 4. The van der Waals surface area contributed by atoms with Gasteiger partial charge in [0.05, 0.1) is 46.3 Å². The van der Waals surface area contributed by atoms with Crippen molar-refractivity contribution in [2.24, 2.45) is 11.8 Å². The first kappa shape index (κ1) is 41.0. The van der Waals surface area contributed by atoms with Crippen LogP contribution in [0.5, 0.6) is 5.75 Å². The molecule has 0 bridgehead atoms. The zero-order chi connectivity index (χ0) is 39.2. The molecule has 1 fully saturated rings. The predicted octanol–water partition coefficient (Wildman–Crippen LogP) is 4.06. The fourth-order valence-electron chi connectivity index (χ4n) is 6.17. The Morgan fingerprint density at radius 3 is 2.34 bits per heavy atom. The third-order valence-corrected chi connectivity index (χ3v) is 10.9. The molecule has 0 aliphatic carbocycles. The fraction of sp³-hybridized carbons (Fsp3) is 0.417. The summed E-state index contributed by atoms with van der Waals surface area (Å²) in [4.78, 5) is 53.9. The van der Waals surface area contributed by atoms with Gasteiger partial charge in [0.2, 0.25) is 15.9 Å². The number of nitrogen functional groups attached to an aromatic ring is 1. The number of methoxy groups -OCH3 is 1. The summed E-state index contributed by atoms with van der Waals surface area (Å²) in [7, 11) is -2.83. The number of sulfonamides is 1. The van der Waals surface area contributed by atoms with Gasteiger partial charge in [-0.05, 0) is 48.1 Å². The quantitative estimate of drug-likeness (QED) is 0.0777. The van der Waals surface area contributed by atoms with Crippen LogP contribution < -0.4 is 15.8 Å². The van der Waals surface area contributed by atoms with E-state index in [0.717, 1.165) is 19.7 Å². The molecule has 1 saturated heterocycles. The molecule has 4 rings (SSSR count). The second kappa shape index (κ2) is 17.4. The first-order chi connectivity index (χ1) is 24.9. The van der Waals surface area contributed by atoms with E-state index in [1.54, 1.807) is 38.1 Å². The molecule has 1 aliphatic heterocycles. The monoisotopic (exact) mass is 772 g/mol. The van der Waals surface area contributed by atoms with E-state index in [0.29, 0.717) is 0 Å². The Kier molecular flexibility index (Phi) is 13.4. The van der Waals surface area contributed by atoms with Gasteiger partial charge in [-0.3, -0.25) is 24.6 Å². The number of benzene rings is 3. The van der Waals surface area contributed by atoms with Crippen molar-refractivity contribution in [3.63, 3.8) is 0 Å². The highest BCUT2D eigenvalue weighted by atomic mass is 35.5. The highest BCUT2D eigenvalue weighted by Crippen LogP contribution is 2.29. The van der Waals surface area contributed by atoms with Crippen molar-refractivity contribution in [3.8, 4) is 5.75 Å². The Hall–Kier alpha value is -4.77. The first-order valence-electron chi connectivity index (χ1n) is 16.9. The number of aliphatic hydroxyl groups excluding tert-OH is 1. The number of amides is 4. The van der Waals surface area contributed by atoms with Crippen LogP contribution in [0.25, 0.3) is 0 Å². The lowest BCUT2D eigenvalue weighted by Gasteiger charge is -2.34. The average molecular weight is 773 g/mol. The van der Waals surface area contributed by atoms with Gasteiger partial charge >= 0.3 is 6.03 Å². The summed E-state index contributed by atoms with van der Waals surface area (Å²) >= 11 is 6.04. The summed E-state index contributed by atoms with van der Waals surface area (Å²) in [5.41, 5.74) is 6.70. The summed E-state index contributed by atoms with van der Waals surface area (Å²) in [5.74, 6) is -1.71. The molecule has 15 nitrogen and oxygen atoms in total. The molecule has 0 aromatic heterocycles. The van der Waals surface area contributed by atoms with Crippen LogP contribution >= 0.6 is 11.6 Å². The number of non-ortho nitro benzene ring substituents is 1. The lowest BCUT2D eigenvalue weighted by atomic mass is 9.97. The first-order valence-corrected chi connectivity index (χ1v) is 18.8. The lowest BCUT2D eigenvalue weighted by Crippen LogP contribution is -2.57. The van der Waals surface area contributed by atoms with E-state index in [9.17, 15) is 38.0 Å². The zero-order valence-electron chi connectivity index (χ0n) is 30.1. The van der Waals surface area contributed by atoms with Gasteiger partial charge in [-0.25, -0.2) is 13.2 Å². The summed E-state index contributed by atoms with van der Waals surface area (Å²) in [5, 5.41) is 26.2. The van der Waals surface area contributed by atoms with E-state index in [1.165, 1.54) is 43.5 Å². The summed E-state index contributed by atoms with van der Waals surface area (Å²) in [6.07, 6.45) is -1.33. The van der Waals surface area contributed by atoms with Crippen molar-refractivity contribution in [2.75, 3.05) is 32.5 Å². The second-order valence-electron chi connectivity index (χ2n) is 13.6. The number of imide groups is 1. The van der Waals surface area contributed by atoms with Crippen LogP contribution in [0.2, 0.25) is 5.02 Å². The maximum Gasteiger partial charge on any atom is 0.328 e. The van der Waals surface area contributed by atoms with Gasteiger partial charge in [-0.2, -0.15) is 4.31 Å². The van der Waals surface area contributed by atoms with Crippen LogP contribution in [0.4, 0.5) is 16.2 Å². The normalized spacial score (nSPS) is 15.3. The van der Waals surface area contributed by atoms with Gasteiger partial charge in [0.1, 0.15) is 18.3 Å². The van der Waals surface area contributed by atoms with Gasteiger partial charge < -0.3 is 25.8 Å². The molecule has 1 aliphatic rings. The minimum atomic E-state index is -4.19. The molecule has 17 heteroatoms. The predicted molar refractivity (Wildman–Crippen MR) is 198 cm³/mol. The number of anilines is 1. The molecule has 3 atom stereocenters. The van der Waals surface area contributed by atoms with E-state index in [1.807, 2.05) is 19.9 Å². The van der Waals surface area contributed by atoms with Crippen molar-refractivity contribution in [1.29, 1.82) is 0 Å². The SMILES string of the molecule is COc1ccc([N+](=O)[O-])cc1CN1C(=O)CN(C(C(=O)N[C@@H](Cc2ccccc2)[C@H](O)CN(CC(C)C)S(=O)(=O)c2ccc(Cl)c(N)c2)C(C)C)C1=O. The number of hydrogen-bond acceptors (Lipinski definition) is 10. The number of nitrogens with one attached hydrogen (secondary N) is 1. The van der Waals surface area contributed by atoms with E-state index in [-0.39, 0.29) is 58.0 Å². The van der Waals surface area contributed by atoms with Gasteiger partial charge in [0, 0.05) is 30.8 Å². The minimum Gasteiger partial charge on any atom is -0.496 e. The highest BCUT2D eigenvalue weighted by Gasteiger charge is 2.44. The highest BCUT2D eigenvalue weighted by molar-refractivity contribution is 7.89. The van der Waals surface area contributed by atoms with Gasteiger partial charge in [-0.1, -0.05) is 69.6 Å². The maximum atomic E-state index is 14.2. The molecule has 53 heavy (non-hydrogen) atoms. The zero-order valence-corrected chi connectivity index (χ0v) is 31.7. The molecule has 286 valence electrons. The molecular weight excluding hydrogens is 728 g/mol. The van der Waals surface area contributed by atoms with Crippen molar-refractivity contribution in [3.05, 3.63) is 93.0 Å². The third-order valence-electron chi connectivity index (χ3n) is 8.78. The third kappa shape index (κ3) is 9.81. The number of nitrogens with two attached hydrogens (primary N) is 1. The Morgan fingerprint density at radius 1 is 1.08 bits per heavy atom. The smallest absolute Gasteiger partial charge is 0.328 e. The van der Waals surface area contributed by atoms with Gasteiger partial charge in [0.15, 0.2) is 0 Å². The average Bonchev–Trinajstić information content (AvgIpc) is 3.36. The van der Waals surface area contributed by atoms with Crippen molar-refractivity contribution >= 4 is 50.8 Å². The lowest BCUT2D eigenvalue weighted by molar-refractivity contribution is -0.385. The van der Waals surface area contributed by atoms with Crippen molar-refractivity contribution in [1.82, 2.24) is 19.4 Å². The Bertz CT molecular complexity index is 1930. The van der Waals surface area contributed by atoms with Crippen LogP contribution in [-0.2, 0) is 32.6 Å². The number of urea groups is 1. The van der Waals surface area contributed by atoms with E-state index in [4.69, 9.17) is 22.1 Å². The standard InChI is InChI=1S/C36H45ClN6O9S/c1-22(2)18-40(53(50,51)27-12-13-28(37)29(38)17-27)20-31(44)30(15-24-9-7-6-8-10-24)39-35(46)34(23(3)4)42-21-33(45)41(36(42)47)19-25-16-26(43(48)49)11-14-32(25)52-5/h6-14,16-17,22-23,30-31,34,44H,15,18-21,38H2,1-5H3,(H,39,46)/t30-,31+,34?/m0/s1. The summed E-state index contributed by atoms with van der Waals surface area (Å²) in [6, 6.07) is 13.8. The van der Waals surface area contributed by atoms with E-state index >= 15 is 0 Å². The molecule has 0 radical (unpaired) electrons. The molecule has 1 unspecified atom stereocenters. The fourth-order valence-corrected chi connectivity index (χ4v) is 7.95. The van der Waals surface area contributed by atoms with E-state index in [2.05, 4.69) is 5.32 Å². The molecule has 3 aromatic rings. The number of aliphatic hydroxyl groups is 1. The molecule has 3 aromatic carbocycles. The Morgan fingerprint density at radius 2 is 1.75 bits per heavy atom. The van der Waals surface area contributed by atoms with Crippen LogP contribution in [0.3, 0.4) is 0 Å². The number of nitro benzene ring substituents is 1. The minimum absolute atomic E-state index is 0.0398. The summed E-state index contributed by atoms with van der Waals surface area (Å²) < 4.78 is 34.2. The van der Waals surface area contributed by atoms with Crippen LogP contribution in [-0.4, -0.2) is 95.3 Å². The number of carbonyl (C=O) groups is 3. The number of ether oxygens (including phenoxy) is 1. The molecule has 0 spiro atoms. The largest absolute Gasteiger partial charge is 0.496 e. The number of halogens is 1. The van der Waals surface area contributed by atoms with Crippen LogP contribution in [0.15, 0.2) is 71.6 Å². The number of rotatable bonds is 17. The molecule has 4 N–H and O–H groups in total.